The minimum atomic E-state index is -0.0603. The molecule has 0 spiro atoms. The number of tetrazole rings is 1. The molecule has 10 heteroatoms. The van der Waals surface area contributed by atoms with Crippen LogP contribution in [0, 0.1) is 0 Å². The molecule has 5 rings (SSSR count). The Morgan fingerprint density at radius 1 is 1.14 bits per heavy atom. The molecule has 0 atom stereocenters. The largest absolute Gasteiger partial charge is 0.494 e. The highest BCUT2D eigenvalue weighted by Gasteiger charge is 2.22. The third kappa shape index (κ3) is 6.11. The Morgan fingerprint density at radius 2 is 1.97 bits per heavy atom. The zero-order valence-corrected chi connectivity index (χ0v) is 21.2. The van der Waals surface area contributed by atoms with Crippen LogP contribution in [0.4, 0.5) is 0 Å². The summed E-state index contributed by atoms with van der Waals surface area (Å²) in [6.07, 6.45) is 5.98. The van der Waals surface area contributed by atoms with Crippen molar-refractivity contribution in [2.45, 2.75) is 58.2 Å². The highest BCUT2D eigenvalue weighted by atomic mass is 16.5. The van der Waals surface area contributed by atoms with Gasteiger partial charge in [-0.3, -0.25) is 14.6 Å². The van der Waals surface area contributed by atoms with Crippen LogP contribution in [0.3, 0.4) is 0 Å². The molecule has 10 nitrogen and oxygen atoms in total. The van der Waals surface area contributed by atoms with Crippen molar-refractivity contribution in [2.75, 3.05) is 46.0 Å². The maximum Gasteiger partial charge on any atom is 0.252 e. The van der Waals surface area contributed by atoms with Crippen LogP contribution in [0.15, 0.2) is 29.1 Å². The van der Waals surface area contributed by atoms with Gasteiger partial charge in [0.05, 0.1) is 32.4 Å². The molecule has 1 N–H and O–H groups in total. The Hall–Kier alpha value is -2.82. The van der Waals surface area contributed by atoms with Crippen molar-refractivity contribution >= 4 is 10.9 Å². The zero-order valence-electron chi connectivity index (χ0n) is 21.2. The van der Waals surface area contributed by atoms with Crippen LogP contribution in [-0.2, 0) is 17.8 Å². The number of hydrogen-bond acceptors (Lipinski definition) is 8. The van der Waals surface area contributed by atoms with Crippen LogP contribution < -0.4 is 10.3 Å². The number of nitrogens with one attached hydrogen (secondary N) is 1. The van der Waals surface area contributed by atoms with Crippen molar-refractivity contribution in [3.8, 4) is 5.75 Å². The molecular formula is C26H37N7O3. The highest BCUT2D eigenvalue weighted by molar-refractivity contribution is 5.80. The van der Waals surface area contributed by atoms with Crippen LogP contribution >= 0.6 is 0 Å². The highest BCUT2D eigenvalue weighted by Crippen LogP contribution is 2.28. The lowest BCUT2D eigenvalue weighted by atomic mass is 9.95. The van der Waals surface area contributed by atoms with Gasteiger partial charge in [-0.1, -0.05) is 19.3 Å². The van der Waals surface area contributed by atoms with Gasteiger partial charge in [0, 0.05) is 49.2 Å². The fraction of sp³-hybridized carbons (Fsp3) is 0.615. The Bertz CT molecular complexity index is 1180. The summed E-state index contributed by atoms with van der Waals surface area (Å²) in [5.41, 5.74) is 1.48. The predicted octanol–water partition coefficient (Wildman–Crippen LogP) is 2.75. The van der Waals surface area contributed by atoms with E-state index in [-0.39, 0.29) is 5.56 Å². The molecule has 2 aliphatic rings. The SMILES string of the molecule is CCOc1ccc2[nH]c(=O)c(CN(CCN3CCOCC3)Cc3nnnn3C3CCCCC3)cc2c1. The Kier molecular flexibility index (Phi) is 8.25. The molecule has 2 aromatic heterocycles. The summed E-state index contributed by atoms with van der Waals surface area (Å²) in [6.45, 7) is 8.83. The maximum atomic E-state index is 13.0. The van der Waals surface area contributed by atoms with Crippen LogP contribution in [0.25, 0.3) is 10.9 Å². The van der Waals surface area contributed by atoms with E-state index >= 15 is 0 Å². The molecule has 36 heavy (non-hydrogen) atoms. The average molecular weight is 496 g/mol. The second-order valence-electron chi connectivity index (χ2n) is 9.80. The number of fused-ring (bicyclic) bond motifs is 1. The van der Waals surface area contributed by atoms with Gasteiger partial charge >= 0.3 is 0 Å². The first-order valence-corrected chi connectivity index (χ1v) is 13.3. The Morgan fingerprint density at radius 3 is 2.78 bits per heavy atom. The lowest BCUT2D eigenvalue weighted by Gasteiger charge is -2.30. The molecule has 3 aromatic rings. The smallest absolute Gasteiger partial charge is 0.252 e. The molecule has 1 saturated carbocycles. The maximum absolute atomic E-state index is 13.0. The number of benzene rings is 1. The topological polar surface area (TPSA) is 101 Å². The number of morpholine rings is 1. The number of hydrogen-bond donors (Lipinski definition) is 1. The molecule has 0 unspecified atom stereocenters. The monoisotopic (exact) mass is 495 g/mol. The predicted molar refractivity (Wildman–Crippen MR) is 137 cm³/mol. The van der Waals surface area contributed by atoms with Crippen molar-refractivity contribution in [3.63, 3.8) is 0 Å². The number of rotatable bonds is 10. The molecule has 1 saturated heterocycles. The standard InChI is InChI=1S/C26H37N7O3/c1-2-36-23-8-9-24-20(17-23)16-21(26(34)27-24)18-32(11-10-31-12-14-35-15-13-31)19-25-28-29-30-33(25)22-6-4-3-5-7-22/h8-9,16-17,22H,2-7,10-15,18-19H2,1H3,(H,27,34). The normalized spacial score (nSPS) is 17.7. The summed E-state index contributed by atoms with van der Waals surface area (Å²) in [5.74, 6) is 1.68. The quantitative estimate of drug-likeness (QED) is 0.458. The second-order valence-corrected chi connectivity index (χ2v) is 9.80. The van der Waals surface area contributed by atoms with Crippen LogP contribution in [0.2, 0.25) is 0 Å². The lowest BCUT2D eigenvalue weighted by Crippen LogP contribution is -2.41. The van der Waals surface area contributed by atoms with E-state index < -0.39 is 0 Å². The van der Waals surface area contributed by atoms with Gasteiger partial charge < -0.3 is 14.5 Å². The van der Waals surface area contributed by atoms with E-state index in [2.05, 4.69) is 30.3 Å². The molecule has 1 aliphatic heterocycles. The van der Waals surface area contributed by atoms with Gasteiger partial charge in [0.15, 0.2) is 5.82 Å². The fourth-order valence-electron chi connectivity index (χ4n) is 5.29. The van der Waals surface area contributed by atoms with E-state index in [0.717, 1.165) is 80.3 Å². The second kappa shape index (κ2) is 11.9. The number of pyridine rings is 1. The zero-order chi connectivity index (χ0) is 24.7. The number of nitrogens with zero attached hydrogens (tertiary/aromatic N) is 6. The first kappa shape index (κ1) is 24.9. The number of aromatic amines is 1. The molecule has 0 bridgehead atoms. The lowest BCUT2D eigenvalue weighted by molar-refractivity contribution is 0.0322. The molecule has 0 radical (unpaired) electrons. The molecule has 0 amide bonds. The van der Waals surface area contributed by atoms with E-state index in [4.69, 9.17) is 9.47 Å². The van der Waals surface area contributed by atoms with Gasteiger partial charge in [-0.05, 0) is 54.5 Å². The van der Waals surface area contributed by atoms with E-state index in [9.17, 15) is 4.79 Å². The van der Waals surface area contributed by atoms with E-state index in [0.29, 0.717) is 25.7 Å². The van der Waals surface area contributed by atoms with E-state index in [1.807, 2.05) is 35.9 Å². The molecule has 1 aromatic carbocycles. The van der Waals surface area contributed by atoms with Gasteiger partial charge in [-0.2, -0.15) is 0 Å². The molecule has 194 valence electrons. The van der Waals surface area contributed by atoms with Crippen molar-refractivity contribution in [2.24, 2.45) is 0 Å². The minimum absolute atomic E-state index is 0.0603. The van der Waals surface area contributed by atoms with Gasteiger partial charge in [-0.25, -0.2) is 4.68 Å². The molecule has 1 aliphatic carbocycles. The van der Waals surface area contributed by atoms with Crippen LogP contribution in [-0.4, -0.2) is 81.0 Å². The number of aromatic nitrogens is 5. The summed E-state index contributed by atoms with van der Waals surface area (Å²) in [5, 5.41) is 13.7. The van der Waals surface area contributed by atoms with Crippen molar-refractivity contribution in [1.82, 2.24) is 35.0 Å². The average Bonchev–Trinajstić information content (AvgIpc) is 3.37. The van der Waals surface area contributed by atoms with Crippen molar-refractivity contribution < 1.29 is 9.47 Å². The van der Waals surface area contributed by atoms with E-state index in [1.165, 1.54) is 19.3 Å². The fourth-order valence-corrected chi connectivity index (χ4v) is 5.29. The summed E-state index contributed by atoms with van der Waals surface area (Å²) >= 11 is 0. The van der Waals surface area contributed by atoms with Crippen molar-refractivity contribution in [3.05, 3.63) is 46.0 Å². The van der Waals surface area contributed by atoms with Crippen molar-refractivity contribution in [1.29, 1.82) is 0 Å². The first-order chi connectivity index (χ1) is 17.7. The Balaban J connectivity index is 1.37. The van der Waals surface area contributed by atoms with Gasteiger partial charge in [-0.15, -0.1) is 5.10 Å². The van der Waals surface area contributed by atoms with Crippen LogP contribution in [0.1, 0.15) is 56.5 Å². The molecule has 3 heterocycles. The van der Waals surface area contributed by atoms with E-state index in [1.54, 1.807) is 0 Å². The van der Waals surface area contributed by atoms with Gasteiger partial charge in [0.1, 0.15) is 5.75 Å². The number of ether oxygens (including phenoxy) is 2. The Labute approximate surface area is 211 Å². The summed E-state index contributed by atoms with van der Waals surface area (Å²) in [4.78, 5) is 20.8. The molecule has 2 fully saturated rings. The minimum Gasteiger partial charge on any atom is -0.494 e. The van der Waals surface area contributed by atoms with Gasteiger partial charge in [0.2, 0.25) is 0 Å². The summed E-state index contributed by atoms with van der Waals surface area (Å²) < 4.78 is 13.2. The summed E-state index contributed by atoms with van der Waals surface area (Å²) in [7, 11) is 0. The van der Waals surface area contributed by atoms with Crippen LogP contribution in [0.5, 0.6) is 5.75 Å². The number of H-pyrrole nitrogens is 1. The third-order valence-electron chi connectivity index (χ3n) is 7.28. The third-order valence-corrected chi connectivity index (χ3v) is 7.28. The first-order valence-electron chi connectivity index (χ1n) is 13.3. The summed E-state index contributed by atoms with van der Waals surface area (Å²) in [6, 6.07) is 8.13. The van der Waals surface area contributed by atoms with Gasteiger partial charge in [0.25, 0.3) is 5.56 Å². The molecular weight excluding hydrogens is 458 g/mol.